The molecule has 0 spiro atoms. The molecule has 1 N–H and O–H groups in total. The second kappa shape index (κ2) is 4.73. The zero-order valence-corrected chi connectivity index (χ0v) is 11.6. The number of carboxylic acids is 1. The van der Waals surface area contributed by atoms with E-state index >= 15 is 0 Å². The first-order valence-electron chi connectivity index (χ1n) is 4.36. The molecule has 0 bridgehead atoms. The van der Waals surface area contributed by atoms with Crippen molar-refractivity contribution >= 4 is 51.5 Å². The van der Waals surface area contributed by atoms with Crippen LogP contribution in [0.3, 0.4) is 0 Å². The van der Waals surface area contributed by atoms with Gasteiger partial charge in [0, 0.05) is 14.5 Å². The molecule has 16 heavy (non-hydrogen) atoms. The van der Waals surface area contributed by atoms with Gasteiger partial charge in [0.15, 0.2) is 0 Å². The number of hydrogen-bond acceptors (Lipinski definition) is 2. The standard InChI is InChI=1S/C11H6ClIO2S/c12-10-9(11(14)15)8(5-16-10)6-1-3-7(13)4-2-6/h1-5H,(H,14,15). The normalized spacial score (nSPS) is 10.4. The number of halogens is 2. The Morgan fingerprint density at radius 2 is 1.94 bits per heavy atom. The predicted octanol–water partition coefficient (Wildman–Crippen LogP) is 4.37. The first kappa shape index (κ1) is 11.9. The molecule has 0 unspecified atom stereocenters. The Bertz CT molecular complexity index is 533. The fraction of sp³-hybridized carbons (Fsp3) is 0. The second-order valence-corrected chi connectivity index (χ2v) is 5.84. The molecule has 0 radical (unpaired) electrons. The topological polar surface area (TPSA) is 37.3 Å². The minimum Gasteiger partial charge on any atom is -0.478 e. The van der Waals surface area contributed by atoms with Crippen molar-refractivity contribution in [3.8, 4) is 11.1 Å². The van der Waals surface area contributed by atoms with Gasteiger partial charge < -0.3 is 5.11 Å². The molecule has 1 aromatic heterocycles. The fourth-order valence-corrected chi connectivity index (χ4v) is 2.84. The van der Waals surface area contributed by atoms with E-state index in [4.69, 9.17) is 16.7 Å². The molecular formula is C11H6ClIO2S. The zero-order chi connectivity index (χ0) is 11.7. The number of carboxylic acid groups (broad SMARTS) is 1. The summed E-state index contributed by atoms with van der Waals surface area (Å²) in [5.41, 5.74) is 1.74. The molecule has 0 saturated heterocycles. The summed E-state index contributed by atoms with van der Waals surface area (Å²) >= 11 is 9.30. The van der Waals surface area contributed by atoms with Gasteiger partial charge in [-0.2, -0.15) is 0 Å². The Hall–Kier alpha value is -0.590. The van der Waals surface area contributed by atoms with E-state index in [1.165, 1.54) is 11.3 Å². The number of thiophene rings is 1. The van der Waals surface area contributed by atoms with Crippen LogP contribution < -0.4 is 0 Å². The summed E-state index contributed by atoms with van der Waals surface area (Å²) in [6.45, 7) is 0. The third-order valence-electron chi connectivity index (χ3n) is 2.12. The molecule has 82 valence electrons. The van der Waals surface area contributed by atoms with Crippen LogP contribution in [-0.2, 0) is 0 Å². The van der Waals surface area contributed by atoms with Crippen molar-refractivity contribution in [2.75, 3.05) is 0 Å². The molecule has 2 aromatic rings. The lowest BCUT2D eigenvalue weighted by Crippen LogP contribution is -1.96. The molecular weight excluding hydrogens is 359 g/mol. The van der Waals surface area contributed by atoms with Crippen molar-refractivity contribution in [3.05, 3.63) is 43.1 Å². The van der Waals surface area contributed by atoms with Crippen LogP contribution in [0, 0.1) is 3.57 Å². The van der Waals surface area contributed by atoms with Crippen LogP contribution in [0.2, 0.25) is 4.34 Å². The SMILES string of the molecule is O=C(O)c1c(-c2ccc(I)cc2)csc1Cl. The molecule has 0 atom stereocenters. The van der Waals surface area contributed by atoms with Crippen LogP contribution in [0.25, 0.3) is 11.1 Å². The van der Waals surface area contributed by atoms with E-state index in [0.717, 1.165) is 9.13 Å². The maximum Gasteiger partial charge on any atom is 0.338 e. The lowest BCUT2D eigenvalue weighted by molar-refractivity contribution is 0.0698. The molecule has 2 rings (SSSR count). The lowest BCUT2D eigenvalue weighted by atomic mass is 10.1. The van der Waals surface area contributed by atoms with E-state index in [0.29, 0.717) is 9.90 Å². The van der Waals surface area contributed by atoms with Crippen molar-refractivity contribution in [3.63, 3.8) is 0 Å². The van der Waals surface area contributed by atoms with Gasteiger partial charge >= 0.3 is 5.97 Å². The summed E-state index contributed by atoms with van der Waals surface area (Å²) in [6, 6.07) is 7.67. The van der Waals surface area contributed by atoms with Gasteiger partial charge in [0.05, 0.1) is 5.56 Å². The van der Waals surface area contributed by atoms with Gasteiger partial charge in [-0.05, 0) is 40.3 Å². The summed E-state index contributed by atoms with van der Waals surface area (Å²) in [4.78, 5) is 11.1. The first-order chi connectivity index (χ1) is 7.59. The summed E-state index contributed by atoms with van der Waals surface area (Å²) < 4.78 is 1.43. The molecule has 0 aliphatic heterocycles. The summed E-state index contributed by atoms with van der Waals surface area (Å²) in [5.74, 6) is -0.986. The smallest absolute Gasteiger partial charge is 0.338 e. The minimum atomic E-state index is -0.986. The Kier molecular flexibility index (Phi) is 3.51. The highest BCUT2D eigenvalue weighted by molar-refractivity contribution is 14.1. The number of carbonyl (C=O) groups is 1. The average Bonchev–Trinajstić information content (AvgIpc) is 2.61. The summed E-state index contributed by atoms with van der Waals surface area (Å²) in [6.07, 6.45) is 0. The van der Waals surface area contributed by atoms with E-state index in [2.05, 4.69) is 22.6 Å². The minimum absolute atomic E-state index is 0.188. The molecule has 1 heterocycles. The number of aromatic carboxylic acids is 1. The van der Waals surface area contributed by atoms with Crippen LogP contribution in [0.4, 0.5) is 0 Å². The molecule has 0 amide bonds. The van der Waals surface area contributed by atoms with Gasteiger partial charge in [-0.25, -0.2) is 4.79 Å². The highest BCUT2D eigenvalue weighted by Gasteiger charge is 2.17. The molecule has 0 saturated carbocycles. The highest BCUT2D eigenvalue weighted by Crippen LogP contribution is 2.35. The van der Waals surface area contributed by atoms with Crippen molar-refractivity contribution in [1.29, 1.82) is 0 Å². The van der Waals surface area contributed by atoms with E-state index in [1.807, 2.05) is 24.3 Å². The van der Waals surface area contributed by atoms with Gasteiger partial charge in [-0.3, -0.25) is 0 Å². The summed E-state index contributed by atoms with van der Waals surface area (Å²) in [5, 5.41) is 10.8. The largest absolute Gasteiger partial charge is 0.478 e. The molecule has 1 aromatic carbocycles. The van der Waals surface area contributed by atoms with Crippen molar-refractivity contribution in [1.82, 2.24) is 0 Å². The van der Waals surface area contributed by atoms with E-state index in [-0.39, 0.29) is 5.56 Å². The van der Waals surface area contributed by atoms with Gasteiger partial charge in [-0.1, -0.05) is 23.7 Å². The van der Waals surface area contributed by atoms with E-state index < -0.39 is 5.97 Å². The van der Waals surface area contributed by atoms with E-state index in [1.54, 1.807) is 5.38 Å². The van der Waals surface area contributed by atoms with Crippen molar-refractivity contribution < 1.29 is 9.90 Å². The quantitative estimate of drug-likeness (QED) is 0.803. The molecule has 5 heteroatoms. The Labute approximate surface area is 115 Å². The average molecular weight is 365 g/mol. The second-order valence-electron chi connectivity index (χ2n) is 3.11. The zero-order valence-electron chi connectivity index (χ0n) is 7.91. The maximum atomic E-state index is 11.1. The van der Waals surface area contributed by atoms with E-state index in [9.17, 15) is 4.79 Å². The fourth-order valence-electron chi connectivity index (χ4n) is 1.38. The third-order valence-corrected chi connectivity index (χ3v) is 4.06. The Balaban J connectivity index is 2.56. The molecule has 0 fully saturated rings. The highest BCUT2D eigenvalue weighted by atomic mass is 127. The molecule has 2 nitrogen and oxygen atoms in total. The molecule has 0 aliphatic rings. The van der Waals surface area contributed by atoms with Crippen molar-refractivity contribution in [2.45, 2.75) is 0 Å². The van der Waals surface area contributed by atoms with Crippen LogP contribution in [-0.4, -0.2) is 11.1 Å². The van der Waals surface area contributed by atoms with Crippen LogP contribution in [0.5, 0.6) is 0 Å². The summed E-state index contributed by atoms with van der Waals surface area (Å²) in [7, 11) is 0. The van der Waals surface area contributed by atoms with Gasteiger partial charge in [-0.15, -0.1) is 11.3 Å². The van der Waals surface area contributed by atoms with Crippen molar-refractivity contribution in [2.24, 2.45) is 0 Å². The number of benzene rings is 1. The van der Waals surface area contributed by atoms with Gasteiger partial charge in [0.25, 0.3) is 0 Å². The lowest BCUT2D eigenvalue weighted by Gasteiger charge is -2.01. The predicted molar refractivity (Wildman–Crippen MR) is 74.4 cm³/mol. The monoisotopic (exact) mass is 364 g/mol. The molecule has 0 aliphatic carbocycles. The van der Waals surface area contributed by atoms with Crippen LogP contribution in [0.1, 0.15) is 10.4 Å². The first-order valence-corrected chi connectivity index (χ1v) is 6.69. The maximum absolute atomic E-state index is 11.1. The van der Waals surface area contributed by atoms with Gasteiger partial charge in [0.1, 0.15) is 4.34 Å². The Morgan fingerprint density at radius 3 is 2.50 bits per heavy atom. The van der Waals surface area contributed by atoms with Gasteiger partial charge in [0.2, 0.25) is 0 Å². The van der Waals surface area contributed by atoms with Crippen LogP contribution >= 0.6 is 45.5 Å². The number of rotatable bonds is 2. The number of hydrogen-bond donors (Lipinski definition) is 1. The van der Waals surface area contributed by atoms with Crippen LogP contribution in [0.15, 0.2) is 29.6 Å². The third kappa shape index (κ3) is 2.23. The Morgan fingerprint density at radius 1 is 1.31 bits per heavy atom.